The minimum atomic E-state index is -0.132. The predicted molar refractivity (Wildman–Crippen MR) is 184 cm³/mol. The van der Waals surface area contributed by atoms with E-state index in [9.17, 15) is 0 Å². The summed E-state index contributed by atoms with van der Waals surface area (Å²) in [6.07, 6.45) is 31.0. The van der Waals surface area contributed by atoms with Crippen molar-refractivity contribution in [2.75, 3.05) is 0 Å². The van der Waals surface area contributed by atoms with Crippen molar-refractivity contribution in [3.05, 3.63) is 42.2 Å². The topological polar surface area (TPSA) is 31.4 Å². The number of pyridine rings is 1. The normalized spacial score (nSPS) is 17.3. The van der Waals surface area contributed by atoms with Gasteiger partial charge in [0.2, 0.25) is 5.91 Å². The summed E-state index contributed by atoms with van der Waals surface area (Å²) in [4.78, 5) is 4.78. The number of nitrogens with zero attached hydrogens (tertiary/aromatic N) is 1. The van der Waals surface area contributed by atoms with Gasteiger partial charge in [0.15, 0.2) is 21.0 Å². The molecule has 238 valence electrons. The van der Waals surface area contributed by atoms with Crippen LogP contribution in [-0.2, 0) is 6.42 Å². The predicted octanol–water partition coefficient (Wildman–Crippen LogP) is 11.9. The van der Waals surface area contributed by atoms with E-state index in [4.69, 9.17) is 14.5 Å². The molecule has 0 bridgehead atoms. The fourth-order valence-electron chi connectivity index (χ4n) is 6.47. The van der Waals surface area contributed by atoms with Gasteiger partial charge in [-0.25, -0.2) is 0 Å². The van der Waals surface area contributed by atoms with Crippen LogP contribution in [-0.4, -0.2) is 20.4 Å². The Hall–Kier alpha value is -1.81. The lowest BCUT2D eigenvalue weighted by atomic mass is 9.96. The molecule has 0 N–H and O–H groups in total. The van der Waals surface area contributed by atoms with Gasteiger partial charge < -0.3 is 9.47 Å². The monoisotopic (exact) mass is 603 g/mol. The van der Waals surface area contributed by atoms with Crippen LogP contribution in [0.5, 0.6) is 11.5 Å². The Kier molecular flexibility index (Phi) is 15.5. The SMILES string of the molecule is CCCCCC(C)CCCCCCC(C)[Si]C1Oc2ccc(-c3ccc(CCCCCCCCCC4CC4)nc3)cc2O1. The number of unbranched alkanes of at least 4 members (excludes halogenated alkanes) is 11. The van der Waals surface area contributed by atoms with Crippen LogP contribution < -0.4 is 9.47 Å². The molecular formula is C39H61NO2Si. The summed E-state index contributed by atoms with van der Waals surface area (Å²) in [5, 5.41) is 0. The Balaban J connectivity index is 1.06. The second kappa shape index (κ2) is 19.5. The van der Waals surface area contributed by atoms with Gasteiger partial charge in [-0.2, -0.15) is 0 Å². The highest BCUT2D eigenvalue weighted by atomic mass is 28.2. The third-order valence-electron chi connectivity index (χ3n) is 9.62. The number of fused-ring (bicyclic) bond motifs is 1. The first-order valence-electron chi connectivity index (χ1n) is 18.3. The molecule has 1 aromatic carbocycles. The van der Waals surface area contributed by atoms with Gasteiger partial charge in [-0.1, -0.05) is 155 Å². The van der Waals surface area contributed by atoms with Gasteiger partial charge in [0.1, 0.15) is 0 Å². The molecule has 4 heteroatoms. The molecule has 2 heterocycles. The number of aromatic nitrogens is 1. The number of hydrogen-bond acceptors (Lipinski definition) is 3. The van der Waals surface area contributed by atoms with Crippen molar-refractivity contribution in [2.45, 2.75) is 167 Å². The molecule has 1 fully saturated rings. The first-order chi connectivity index (χ1) is 21.1. The van der Waals surface area contributed by atoms with Crippen LogP contribution in [0.25, 0.3) is 11.1 Å². The minimum absolute atomic E-state index is 0.132. The number of aryl methyl sites for hydroxylation is 1. The maximum absolute atomic E-state index is 6.26. The van der Waals surface area contributed by atoms with E-state index in [0.29, 0.717) is 15.1 Å². The lowest BCUT2D eigenvalue weighted by molar-refractivity contribution is 0.122. The number of rotatable bonds is 24. The number of hydrogen-bond donors (Lipinski definition) is 0. The van der Waals surface area contributed by atoms with E-state index in [-0.39, 0.29) is 5.91 Å². The van der Waals surface area contributed by atoms with E-state index in [1.54, 1.807) is 0 Å². The maximum Gasteiger partial charge on any atom is 0.215 e. The molecule has 3 nitrogen and oxygen atoms in total. The van der Waals surface area contributed by atoms with Crippen LogP contribution >= 0.6 is 0 Å². The van der Waals surface area contributed by atoms with Crippen molar-refractivity contribution in [3.8, 4) is 22.6 Å². The van der Waals surface area contributed by atoms with E-state index in [1.807, 2.05) is 6.20 Å². The van der Waals surface area contributed by atoms with E-state index in [0.717, 1.165) is 40.9 Å². The highest BCUT2D eigenvalue weighted by molar-refractivity contribution is 6.38. The largest absolute Gasteiger partial charge is 0.456 e. The van der Waals surface area contributed by atoms with E-state index >= 15 is 0 Å². The van der Waals surface area contributed by atoms with Crippen LogP contribution in [0.1, 0.15) is 155 Å². The first kappa shape index (κ1) is 34.1. The molecule has 2 radical (unpaired) electrons. The zero-order valence-electron chi connectivity index (χ0n) is 27.9. The van der Waals surface area contributed by atoms with Crippen molar-refractivity contribution >= 4 is 9.52 Å². The van der Waals surface area contributed by atoms with Crippen molar-refractivity contribution in [1.82, 2.24) is 4.98 Å². The third-order valence-corrected chi connectivity index (χ3v) is 11.0. The molecule has 1 saturated carbocycles. The molecule has 3 unspecified atom stereocenters. The second-order valence-corrected chi connectivity index (χ2v) is 15.7. The average molecular weight is 604 g/mol. The van der Waals surface area contributed by atoms with Crippen LogP contribution in [0.3, 0.4) is 0 Å². The van der Waals surface area contributed by atoms with Gasteiger partial charge >= 0.3 is 0 Å². The van der Waals surface area contributed by atoms with Crippen LogP contribution in [0.4, 0.5) is 0 Å². The van der Waals surface area contributed by atoms with E-state index in [2.05, 4.69) is 51.1 Å². The minimum Gasteiger partial charge on any atom is -0.456 e. The summed E-state index contributed by atoms with van der Waals surface area (Å²) in [6.45, 7) is 7.10. The summed E-state index contributed by atoms with van der Waals surface area (Å²) >= 11 is 0. The molecular weight excluding hydrogens is 543 g/mol. The van der Waals surface area contributed by atoms with Crippen LogP contribution in [0, 0.1) is 11.8 Å². The number of benzene rings is 1. The standard InChI is InChI=1S/C39H61NO2Si/c1-4-5-13-18-31(2)19-14-11-12-15-20-32(3)43-39-41-37-28-26-34(29-38(37)42-39)35-25-27-36(40-30-35)22-17-10-8-6-7-9-16-21-33-23-24-33/h25-33,39H,4-24H2,1-3H3. The third kappa shape index (κ3) is 13.4. The average Bonchev–Trinajstić information content (AvgIpc) is 3.75. The van der Waals surface area contributed by atoms with Gasteiger partial charge in [-0.15, -0.1) is 0 Å². The Morgan fingerprint density at radius 2 is 1.37 bits per heavy atom. The Morgan fingerprint density at radius 1 is 0.721 bits per heavy atom. The summed E-state index contributed by atoms with van der Waals surface area (Å²) in [7, 11) is 0.668. The fourth-order valence-corrected chi connectivity index (χ4v) is 7.70. The molecule has 2 aromatic rings. The zero-order valence-corrected chi connectivity index (χ0v) is 28.9. The molecule has 0 amide bonds. The molecule has 1 aromatic heterocycles. The summed E-state index contributed by atoms with van der Waals surface area (Å²) < 4.78 is 12.4. The molecule has 0 saturated heterocycles. The highest BCUT2D eigenvalue weighted by Crippen LogP contribution is 2.39. The molecule has 1 aliphatic heterocycles. The summed E-state index contributed by atoms with van der Waals surface area (Å²) in [5.41, 5.74) is 4.15. The lowest BCUT2D eigenvalue weighted by Crippen LogP contribution is -2.28. The van der Waals surface area contributed by atoms with Crippen molar-refractivity contribution in [1.29, 1.82) is 0 Å². The van der Waals surface area contributed by atoms with E-state index < -0.39 is 0 Å². The molecule has 2 aliphatic rings. The fraction of sp³-hybridized carbons (Fsp3) is 0.718. The highest BCUT2D eigenvalue weighted by Gasteiger charge is 2.27. The Bertz CT molecular complexity index is 1020. The van der Waals surface area contributed by atoms with Crippen LogP contribution in [0.2, 0.25) is 5.54 Å². The summed E-state index contributed by atoms with van der Waals surface area (Å²) in [6, 6.07) is 10.8. The van der Waals surface area contributed by atoms with Gasteiger partial charge in [0.25, 0.3) is 0 Å². The van der Waals surface area contributed by atoms with Crippen molar-refractivity contribution in [3.63, 3.8) is 0 Å². The second-order valence-electron chi connectivity index (χ2n) is 13.9. The maximum atomic E-state index is 6.26. The molecule has 0 spiro atoms. The van der Waals surface area contributed by atoms with Gasteiger partial charge in [-0.3, -0.25) is 4.98 Å². The molecule has 3 atom stereocenters. The quantitative estimate of drug-likeness (QED) is 0.0883. The Labute approximate surface area is 267 Å². The van der Waals surface area contributed by atoms with Gasteiger partial charge in [-0.05, 0) is 54.0 Å². The smallest absolute Gasteiger partial charge is 0.215 e. The first-order valence-corrected chi connectivity index (χ1v) is 19.4. The zero-order chi connectivity index (χ0) is 30.1. The van der Waals surface area contributed by atoms with E-state index in [1.165, 1.54) is 134 Å². The number of ether oxygens (including phenoxy) is 2. The van der Waals surface area contributed by atoms with Gasteiger partial charge in [0.05, 0.1) is 0 Å². The summed E-state index contributed by atoms with van der Waals surface area (Å²) in [5.74, 6) is 3.64. The van der Waals surface area contributed by atoms with Crippen molar-refractivity contribution in [2.24, 2.45) is 11.8 Å². The lowest BCUT2D eigenvalue weighted by Gasteiger charge is -2.15. The van der Waals surface area contributed by atoms with Crippen molar-refractivity contribution < 1.29 is 9.47 Å². The van der Waals surface area contributed by atoms with Crippen LogP contribution in [0.15, 0.2) is 36.5 Å². The molecule has 43 heavy (non-hydrogen) atoms. The Morgan fingerprint density at radius 3 is 2.09 bits per heavy atom. The molecule has 4 rings (SSSR count). The van der Waals surface area contributed by atoms with Gasteiger partial charge in [0, 0.05) is 17.5 Å². The molecule has 1 aliphatic carbocycles.